The number of nitrogens with zero attached hydrogens (tertiary/aromatic N) is 3. The van der Waals surface area contributed by atoms with E-state index in [1.807, 2.05) is 12.1 Å². The second-order valence-electron chi connectivity index (χ2n) is 9.78. The summed E-state index contributed by atoms with van der Waals surface area (Å²) in [4.78, 5) is 46.6. The van der Waals surface area contributed by atoms with Crippen LogP contribution in [0.3, 0.4) is 0 Å². The lowest BCUT2D eigenvalue weighted by molar-refractivity contribution is -0.144. The molecule has 9 heteroatoms. The Labute approximate surface area is 216 Å². The molecule has 0 aliphatic carbocycles. The number of amides is 3. The molecule has 3 fully saturated rings. The average molecular weight is 514 g/mol. The number of thioether (sulfide) groups is 1. The number of anilines is 1. The molecule has 1 aromatic carbocycles. The Morgan fingerprint density at radius 1 is 1.25 bits per heavy atom. The summed E-state index contributed by atoms with van der Waals surface area (Å²) >= 11 is 1.62. The van der Waals surface area contributed by atoms with Gasteiger partial charge in [0.05, 0.1) is 36.3 Å². The van der Waals surface area contributed by atoms with Gasteiger partial charge in [0.15, 0.2) is 0 Å². The van der Waals surface area contributed by atoms with Crippen molar-refractivity contribution in [1.29, 1.82) is 0 Å². The van der Waals surface area contributed by atoms with Crippen molar-refractivity contribution in [3.05, 3.63) is 49.6 Å². The number of aliphatic hydroxyl groups is 1. The summed E-state index contributed by atoms with van der Waals surface area (Å²) in [6, 6.07) is 5.83. The van der Waals surface area contributed by atoms with Crippen LogP contribution in [0, 0.1) is 11.8 Å². The molecule has 3 amide bonds. The maximum absolute atomic E-state index is 14.4. The van der Waals surface area contributed by atoms with Crippen LogP contribution in [-0.2, 0) is 14.4 Å². The molecule has 6 atom stereocenters. The van der Waals surface area contributed by atoms with Gasteiger partial charge in [-0.3, -0.25) is 14.4 Å². The van der Waals surface area contributed by atoms with Crippen LogP contribution < -0.4 is 9.64 Å². The van der Waals surface area contributed by atoms with E-state index in [-0.39, 0.29) is 36.1 Å². The Bertz CT molecular complexity index is 1050. The van der Waals surface area contributed by atoms with Gasteiger partial charge < -0.3 is 24.5 Å². The minimum absolute atomic E-state index is 0.0190. The normalized spacial score (nSPS) is 29.0. The number of methoxy groups -OCH3 is 1. The topological polar surface area (TPSA) is 90.4 Å². The zero-order chi connectivity index (χ0) is 26.2. The van der Waals surface area contributed by atoms with Crippen LogP contribution in [0.15, 0.2) is 49.6 Å². The lowest BCUT2D eigenvalue weighted by Gasteiger charge is -2.39. The van der Waals surface area contributed by atoms with Gasteiger partial charge in [-0.25, -0.2) is 0 Å². The third-order valence-electron chi connectivity index (χ3n) is 7.74. The molecule has 4 rings (SSSR count). The minimum atomic E-state index is -0.795. The molecule has 8 nitrogen and oxygen atoms in total. The Kier molecular flexibility index (Phi) is 7.52. The summed E-state index contributed by atoms with van der Waals surface area (Å²) in [5.74, 6) is -0.966. The van der Waals surface area contributed by atoms with Crippen LogP contribution in [0.1, 0.15) is 19.8 Å². The first-order chi connectivity index (χ1) is 17.2. The number of aliphatic hydroxyl groups excluding tert-OH is 1. The fraction of sp³-hybridized carbons (Fsp3) is 0.519. The van der Waals surface area contributed by atoms with Crippen molar-refractivity contribution in [1.82, 2.24) is 9.80 Å². The number of carbonyl (C=O) groups excluding carboxylic acids is 3. The minimum Gasteiger partial charge on any atom is -0.497 e. The highest BCUT2D eigenvalue weighted by atomic mass is 32.2. The molecule has 194 valence electrons. The lowest BCUT2D eigenvalue weighted by Crippen LogP contribution is -2.57. The number of rotatable bonds is 10. The number of benzene rings is 1. The van der Waals surface area contributed by atoms with Crippen LogP contribution >= 0.6 is 11.8 Å². The van der Waals surface area contributed by atoms with Crippen molar-refractivity contribution in [2.45, 2.75) is 41.8 Å². The Hall–Kier alpha value is -2.78. The molecular weight excluding hydrogens is 478 g/mol. The van der Waals surface area contributed by atoms with Crippen LogP contribution in [0.5, 0.6) is 5.75 Å². The average Bonchev–Trinajstić information content (AvgIpc) is 3.53. The molecule has 1 aromatic rings. The molecule has 3 heterocycles. The largest absolute Gasteiger partial charge is 0.497 e. The van der Waals surface area contributed by atoms with Crippen molar-refractivity contribution < 1.29 is 24.2 Å². The van der Waals surface area contributed by atoms with Crippen molar-refractivity contribution >= 4 is 35.2 Å². The summed E-state index contributed by atoms with van der Waals surface area (Å²) in [5.41, 5.74) is 0.667. The molecule has 3 aliphatic rings. The zero-order valence-corrected chi connectivity index (χ0v) is 21.9. The molecular formula is C27H35N3O5S. The Balaban J connectivity index is 1.77. The van der Waals surface area contributed by atoms with Crippen molar-refractivity contribution in [3.8, 4) is 5.75 Å². The number of likely N-dealkylation sites (N-methyl/N-ethyl adjacent to an activating group) is 1. The Morgan fingerprint density at radius 2 is 1.92 bits per heavy atom. The summed E-state index contributed by atoms with van der Waals surface area (Å²) in [7, 11) is 3.30. The highest BCUT2D eigenvalue weighted by molar-refractivity contribution is 8.02. The third kappa shape index (κ3) is 4.02. The molecule has 0 saturated carbocycles. The van der Waals surface area contributed by atoms with E-state index in [0.717, 1.165) is 6.42 Å². The summed E-state index contributed by atoms with van der Waals surface area (Å²) in [6.45, 7) is 9.69. The second-order valence-corrected chi connectivity index (χ2v) is 11.4. The van der Waals surface area contributed by atoms with Crippen LogP contribution in [0.2, 0.25) is 0 Å². The molecule has 3 aliphatic heterocycles. The van der Waals surface area contributed by atoms with Gasteiger partial charge in [0.1, 0.15) is 11.8 Å². The fourth-order valence-electron chi connectivity index (χ4n) is 6.11. The number of fused-ring (bicyclic) bond motifs is 1. The number of ether oxygens (including phenoxy) is 1. The van der Waals surface area contributed by atoms with Crippen molar-refractivity contribution in [3.63, 3.8) is 0 Å². The molecule has 0 aromatic heterocycles. The van der Waals surface area contributed by atoms with E-state index in [9.17, 15) is 19.5 Å². The van der Waals surface area contributed by atoms with Crippen LogP contribution in [0.25, 0.3) is 0 Å². The molecule has 1 spiro atoms. The van der Waals surface area contributed by atoms with Crippen molar-refractivity contribution in [2.75, 3.05) is 38.8 Å². The second kappa shape index (κ2) is 10.3. The highest BCUT2D eigenvalue weighted by Crippen LogP contribution is 2.67. The van der Waals surface area contributed by atoms with Gasteiger partial charge in [0.2, 0.25) is 11.8 Å². The SMILES string of the molecule is C=CCN(C)C(=O)[C@@H]1[C@H]2C(=O)N([C@H](C)CO)C(C(=O)N(CC=C)c3ccc(OC)cc3)C23CC[C@H]1S3. The maximum atomic E-state index is 14.4. The first-order valence-electron chi connectivity index (χ1n) is 12.3. The smallest absolute Gasteiger partial charge is 0.251 e. The first-order valence-corrected chi connectivity index (χ1v) is 13.2. The highest BCUT2D eigenvalue weighted by Gasteiger charge is 2.74. The predicted octanol–water partition coefficient (Wildman–Crippen LogP) is 2.33. The van der Waals surface area contributed by atoms with E-state index in [1.54, 1.807) is 71.8 Å². The third-order valence-corrected chi connectivity index (χ3v) is 9.69. The standard InChI is InChI=1S/C27H35N3O5S/c1-6-14-28(4)24(32)21-20-12-13-27(36-20)22(21)25(33)30(17(3)16-31)23(27)26(34)29(15-7-2)18-8-10-19(35-5)11-9-18/h6-11,17,20-23,31H,1-2,12-16H2,3-5H3/t17-,20-,21+,22+,23?,27?/m1/s1. The molecule has 2 unspecified atom stereocenters. The fourth-order valence-corrected chi connectivity index (χ4v) is 8.31. The van der Waals surface area contributed by atoms with Gasteiger partial charge >= 0.3 is 0 Å². The molecule has 0 radical (unpaired) electrons. The van der Waals surface area contributed by atoms with E-state index in [4.69, 9.17) is 4.74 Å². The van der Waals surface area contributed by atoms with Crippen molar-refractivity contribution in [2.24, 2.45) is 11.8 Å². The van der Waals surface area contributed by atoms with Gasteiger partial charge in [-0.05, 0) is 44.0 Å². The van der Waals surface area contributed by atoms with Gasteiger partial charge in [0.25, 0.3) is 5.91 Å². The molecule has 1 N–H and O–H groups in total. The van der Waals surface area contributed by atoms with Gasteiger partial charge in [-0.1, -0.05) is 12.2 Å². The van der Waals surface area contributed by atoms with Crippen LogP contribution in [-0.4, -0.2) is 88.6 Å². The number of hydrogen-bond acceptors (Lipinski definition) is 6. The lowest BCUT2D eigenvalue weighted by atomic mass is 9.70. The van der Waals surface area contributed by atoms with E-state index < -0.39 is 28.7 Å². The quantitative estimate of drug-likeness (QED) is 0.483. The summed E-state index contributed by atoms with van der Waals surface area (Å²) < 4.78 is 4.54. The molecule has 36 heavy (non-hydrogen) atoms. The van der Waals surface area contributed by atoms with Gasteiger partial charge in [0, 0.05) is 31.1 Å². The first kappa shape index (κ1) is 26.3. The van der Waals surface area contributed by atoms with E-state index in [2.05, 4.69) is 13.2 Å². The zero-order valence-electron chi connectivity index (χ0n) is 21.1. The van der Waals surface area contributed by atoms with E-state index in [0.29, 0.717) is 24.4 Å². The number of likely N-dealkylation sites (tertiary alicyclic amines) is 1. The predicted molar refractivity (Wildman–Crippen MR) is 141 cm³/mol. The van der Waals surface area contributed by atoms with Gasteiger partial charge in [-0.2, -0.15) is 0 Å². The number of hydrogen-bond donors (Lipinski definition) is 1. The Morgan fingerprint density at radius 3 is 2.50 bits per heavy atom. The monoisotopic (exact) mass is 513 g/mol. The maximum Gasteiger partial charge on any atom is 0.251 e. The summed E-state index contributed by atoms with van der Waals surface area (Å²) in [6.07, 6.45) is 4.76. The van der Waals surface area contributed by atoms with E-state index >= 15 is 0 Å². The molecule has 2 bridgehead atoms. The van der Waals surface area contributed by atoms with Gasteiger partial charge in [-0.15, -0.1) is 24.9 Å². The molecule has 3 saturated heterocycles. The van der Waals surface area contributed by atoms with E-state index in [1.165, 1.54) is 0 Å². The van der Waals surface area contributed by atoms with Crippen LogP contribution in [0.4, 0.5) is 5.69 Å². The number of carbonyl (C=O) groups is 3. The summed E-state index contributed by atoms with van der Waals surface area (Å²) in [5, 5.41) is 10.0.